The molecule has 0 saturated heterocycles. The maximum absolute atomic E-state index is 10.5. The Morgan fingerprint density at radius 1 is 1.45 bits per heavy atom. The molecular weight excluding hydrogens is 140 g/mol. The number of carbonyl (C=O) groups is 1. The number of para-hydroxylation sites is 1. The minimum absolute atomic E-state index is 0.0498. The van der Waals surface area contributed by atoms with Gasteiger partial charge in [0.15, 0.2) is 0 Å². The van der Waals surface area contributed by atoms with Gasteiger partial charge in [0.2, 0.25) is 0 Å². The van der Waals surface area contributed by atoms with Crippen LogP contribution in [0.1, 0.15) is 11.5 Å². The zero-order valence-electron chi connectivity index (χ0n) is 5.99. The van der Waals surface area contributed by atoms with Crippen molar-refractivity contribution >= 4 is 6.29 Å². The van der Waals surface area contributed by atoms with E-state index < -0.39 is 0 Å². The first kappa shape index (κ1) is 6.40. The Labute approximate surface area is 64.8 Å². The molecule has 0 saturated carbocycles. The quantitative estimate of drug-likeness (QED) is 0.562. The first-order valence-electron chi connectivity index (χ1n) is 3.59. The lowest BCUT2D eigenvalue weighted by Crippen LogP contribution is -2.00. The fourth-order valence-corrected chi connectivity index (χ4v) is 1.30. The molecule has 11 heavy (non-hydrogen) atoms. The fraction of sp³-hybridized carbons (Fsp3) is 0.222. The average Bonchev–Trinajstić information content (AvgIpc) is 2.47. The number of hydrogen-bond donors (Lipinski definition) is 0. The number of ether oxygens (including phenoxy) is 1. The van der Waals surface area contributed by atoms with Crippen molar-refractivity contribution in [1.82, 2.24) is 0 Å². The van der Waals surface area contributed by atoms with Crippen LogP contribution in [-0.2, 0) is 4.79 Å². The van der Waals surface area contributed by atoms with Gasteiger partial charge in [-0.15, -0.1) is 0 Å². The van der Waals surface area contributed by atoms with Crippen LogP contribution >= 0.6 is 0 Å². The Balaban J connectivity index is 2.46. The molecule has 56 valence electrons. The maximum atomic E-state index is 10.5. The predicted molar refractivity (Wildman–Crippen MR) is 40.7 cm³/mol. The summed E-state index contributed by atoms with van der Waals surface area (Å²) < 4.78 is 5.27. The van der Waals surface area contributed by atoms with Crippen LogP contribution < -0.4 is 4.74 Å². The van der Waals surface area contributed by atoms with Gasteiger partial charge in [-0.3, -0.25) is 0 Å². The molecule has 0 amide bonds. The van der Waals surface area contributed by atoms with Crippen LogP contribution in [0.4, 0.5) is 0 Å². The molecule has 0 N–H and O–H groups in total. The lowest BCUT2D eigenvalue weighted by atomic mass is 10.0. The van der Waals surface area contributed by atoms with Crippen molar-refractivity contribution in [2.75, 3.05) is 6.61 Å². The van der Waals surface area contributed by atoms with Crippen molar-refractivity contribution in [2.45, 2.75) is 5.92 Å². The second-order valence-corrected chi connectivity index (χ2v) is 2.59. The molecular formula is C9H8O2. The summed E-state index contributed by atoms with van der Waals surface area (Å²) in [5.41, 5.74) is 1.02. The molecule has 1 aromatic rings. The highest BCUT2D eigenvalue weighted by Crippen LogP contribution is 2.31. The summed E-state index contributed by atoms with van der Waals surface area (Å²) in [6, 6.07) is 7.65. The van der Waals surface area contributed by atoms with Crippen molar-refractivity contribution in [3.05, 3.63) is 29.8 Å². The third kappa shape index (κ3) is 0.909. The fourth-order valence-electron chi connectivity index (χ4n) is 1.30. The molecule has 0 fully saturated rings. The first-order valence-corrected chi connectivity index (χ1v) is 3.59. The summed E-state index contributed by atoms with van der Waals surface area (Å²) in [5.74, 6) is 0.802. The summed E-state index contributed by atoms with van der Waals surface area (Å²) in [4.78, 5) is 10.5. The summed E-state index contributed by atoms with van der Waals surface area (Å²) in [6.07, 6.45) is 0.936. The minimum Gasteiger partial charge on any atom is -0.492 e. The minimum atomic E-state index is -0.0498. The molecule has 1 aromatic carbocycles. The second-order valence-electron chi connectivity index (χ2n) is 2.59. The molecule has 1 aliphatic rings. The Hall–Kier alpha value is -1.31. The molecule has 0 radical (unpaired) electrons. The Morgan fingerprint density at radius 2 is 2.27 bits per heavy atom. The summed E-state index contributed by atoms with van der Waals surface area (Å²) in [6.45, 7) is 0.503. The van der Waals surface area contributed by atoms with Gasteiger partial charge in [-0.05, 0) is 6.07 Å². The van der Waals surface area contributed by atoms with Crippen LogP contribution in [0, 0.1) is 0 Å². The third-order valence-corrected chi connectivity index (χ3v) is 1.90. The Morgan fingerprint density at radius 3 is 3.09 bits per heavy atom. The van der Waals surface area contributed by atoms with Gasteiger partial charge in [0.05, 0.1) is 5.92 Å². The van der Waals surface area contributed by atoms with Crippen molar-refractivity contribution < 1.29 is 9.53 Å². The maximum Gasteiger partial charge on any atom is 0.131 e. The zero-order valence-corrected chi connectivity index (χ0v) is 5.99. The van der Waals surface area contributed by atoms with E-state index in [-0.39, 0.29) is 5.92 Å². The van der Waals surface area contributed by atoms with Gasteiger partial charge >= 0.3 is 0 Å². The molecule has 0 aliphatic carbocycles. The first-order chi connectivity index (χ1) is 5.42. The van der Waals surface area contributed by atoms with Crippen LogP contribution in [0.2, 0.25) is 0 Å². The highest BCUT2D eigenvalue weighted by Gasteiger charge is 2.22. The van der Waals surface area contributed by atoms with E-state index in [0.717, 1.165) is 17.6 Å². The van der Waals surface area contributed by atoms with E-state index in [1.165, 1.54) is 0 Å². The largest absolute Gasteiger partial charge is 0.492 e. The van der Waals surface area contributed by atoms with Gasteiger partial charge in [0.25, 0.3) is 0 Å². The smallest absolute Gasteiger partial charge is 0.131 e. The van der Waals surface area contributed by atoms with Crippen molar-refractivity contribution in [2.24, 2.45) is 0 Å². The van der Waals surface area contributed by atoms with Gasteiger partial charge in [-0.2, -0.15) is 0 Å². The Bertz CT molecular complexity index is 281. The molecule has 0 unspecified atom stereocenters. The summed E-state index contributed by atoms with van der Waals surface area (Å²) in [7, 11) is 0. The number of rotatable bonds is 1. The molecule has 2 heteroatoms. The van der Waals surface area contributed by atoms with Crippen molar-refractivity contribution in [3.63, 3.8) is 0 Å². The number of hydrogen-bond acceptors (Lipinski definition) is 2. The molecule has 0 spiro atoms. The molecule has 2 nitrogen and oxygen atoms in total. The van der Waals surface area contributed by atoms with Crippen LogP contribution in [0.5, 0.6) is 5.75 Å². The molecule has 2 rings (SSSR count). The van der Waals surface area contributed by atoms with Gasteiger partial charge in [-0.1, -0.05) is 18.2 Å². The molecule has 0 bridgehead atoms. The average molecular weight is 148 g/mol. The number of aldehydes is 1. The van der Waals surface area contributed by atoms with E-state index in [0.29, 0.717) is 6.61 Å². The molecule has 1 heterocycles. The summed E-state index contributed by atoms with van der Waals surface area (Å²) in [5, 5.41) is 0. The van der Waals surface area contributed by atoms with E-state index in [1.54, 1.807) is 0 Å². The van der Waals surface area contributed by atoms with Gasteiger partial charge < -0.3 is 9.53 Å². The normalized spacial score (nSPS) is 20.5. The number of fused-ring (bicyclic) bond motifs is 1. The van der Waals surface area contributed by atoms with Crippen LogP contribution in [0.3, 0.4) is 0 Å². The van der Waals surface area contributed by atoms with E-state index in [9.17, 15) is 4.79 Å². The van der Waals surface area contributed by atoms with E-state index in [1.807, 2.05) is 24.3 Å². The summed E-state index contributed by atoms with van der Waals surface area (Å²) >= 11 is 0. The second kappa shape index (κ2) is 2.38. The monoisotopic (exact) mass is 148 g/mol. The van der Waals surface area contributed by atoms with Gasteiger partial charge in [0, 0.05) is 5.56 Å². The molecule has 1 aliphatic heterocycles. The van der Waals surface area contributed by atoms with E-state index in [2.05, 4.69) is 0 Å². The highest BCUT2D eigenvalue weighted by atomic mass is 16.5. The lowest BCUT2D eigenvalue weighted by molar-refractivity contribution is -0.109. The van der Waals surface area contributed by atoms with Gasteiger partial charge in [-0.25, -0.2) is 0 Å². The lowest BCUT2D eigenvalue weighted by Gasteiger charge is -1.95. The van der Waals surface area contributed by atoms with Crippen LogP contribution in [-0.4, -0.2) is 12.9 Å². The van der Waals surface area contributed by atoms with Crippen molar-refractivity contribution in [1.29, 1.82) is 0 Å². The highest BCUT2D eigenvalue weighted by molar-refractivity contribution is 5.66. The zero-order chi connectivity index (χ0) is 7.68. The van der Waals surface area contributed by atoms with Gasteiger partial charge in [0.1, 0.15) is 18.6 Å². The van der Waals surface area contributed by atoms with E-state index >= 15 is 0 Å². The predicted octanol–water partition coefficient (Wildman–Crippen LogP) is 1.36. The van der Waals surface area contributed by atoms with Crippen molar-refractivity contribution in [3.8, 4) is 5.75 Å². The SMILES string of the molecule is O=C[C@H]1COc2ccccc21. The number of benzene rings is 1. The Kier molecular flexibility index (Phi) is 1.39. The van der Waals surface area contributed by atoms with E-state index in [4.69, 9.17) is 4.74 Å². The molecule has 0 aromatic heterocycles. The standard InChI is InChI=1S/C9H8O2/c10-5-7-6-11-9-4-2-1-3-8(7)9/h1-5,7H,6H2/t7-/m0/s1. The van der Waals surface area contributed by atoms with Crippen LogP contribution in [0.25, 0.3) is 0 Å². The third-order valence-electron chi connectivity index (χ3n) is 1.90. The van der Waals surface area contributed by atoms with Crippen LogP contribution in [0.15, 0.2) is 24.3 Å². The topological polar surface area (TPSA) is 26.3 Å². The molecule has 1 atom stereocenters. The number of carbonyl (C=O) groups excluding carboxylic acids is 1.